The van der Waals surface area contributed by atoms with Gasteiger partial charge in [-0.3, -0.25) is 4.79 Å². The van der Waals surface area contributed by atoms with Crippen LogP contribution in [0.4, 0.5) is 0 Å². The second kappa shape index (κ2) is 12.0. The predicted molar refractivity (Wildman–Crippen MR) is 97.1 cm³/mol. The highest BCUT2D eigenvalue weighted by atomic mass is 16.4. The zero-order chi connectivity index (χ0) is 18.7. The van der Waals surface area contributed by atoms with Crippen molar-refractivity contribution in [1.82, 2.24) is 0 Å². The molecule has 142 valence electrons. The zero-order valence-electron chi connectivity index (χ0n) is 15.1. The Morgan fingerprint density at radius 1 is 1.28 bits per heavy atom. The molecule has 0 bridgehead atoms. The second-order valence-electron chi connectivity index (χ2n) is 6.93. The van der Waals surface area contributed by atoms with E-state index in [2.05, 4.69) is 6.92 Å². The topological polar surface area (TPSA) is 94.8 Å². The van der Waals surface area contributed by atoms with E-state index in [9.17, 15) is 19.8 Å². The van der Waals surface area contributed by atoms with Crippen molar-refractivity contribution in [2.24, 2.45) is 11.8 Å². The number of hydrogen-bond donors (Lipinski definition) is 3. The summed E-state index contributed by atoms with van der Waals surface area (Å²) in [6, 6.07) is 0. The molecular formula is C20H32O5. The Labute approximate surface area is 150 Å². The first-order valence-corrected chi connectivity index (χ1v) is 9.40. The number of carboxylic acids is 1. The zero-order valence-corrected chi connectivity index (χ0v) is 15.1. The number of Topliss-reactive ketones (excluding diaryl/α,β-unsaturated/α-hetero) is 1. The molecule has 0 saturated heterocycles. The molecule has 25 heavy (non-hydrogen) atoms. The highest BCUT2D eigenvalue weighted by molar-refractivity contribution is 5.83. The van der Waals surface area contributed by atoms with Crippen molar-refractivity contribution < 1.29 is 24.9 Å². The Bertz CT molecular complexity index is 469. The number of carbonyl (C=O) groups is 2. The van der Waals surface area contributed by atoms with E-state index in [1.165, 1.54) is 6.08 Å². The van der Waals surface area contributed by atoms with Gasteiger partial charge in [0.05, 0.1) is 12.2 Å². The van der Waals surface area contributed by atoms with Crippen LogP contribution in [0.2, 0.25) is 0 Å². The van der Waals surface area contributed by atoms with E-state index < -0.39 is 18.2 Å². The minimum atomic E-state index is -0.997. The van der Waals surface area contributed by atoms with E-state index in [1.54, 1.807) is 6.08 Å². The smallest absolute Gasteiger partial charge is 0.327 e. The molecule has 1 saturated carbocycles. The van der Waals surface area contributed by atoms with Crippen LogP contribution in [0.5, 0.6) is 0 Å². The van der Waals surface area contributed by atoms with E-state index in [-0.39, 0.29) is 17.6 Å². The van der Waals surface area contributed by atoms with Gasteiger partial charge in [0.15, 0.2) is 0 Å². The van der Waals surface area contributed by atoms with E-state index in [0.717, 1.165) is 38.2 Å². The van der Waals surface area contributed by atoms with E-state index in [4.69, 9.17) is 5.11 Å². The molecule has 0 spiro atoms. The maximum atomic E-state index is 12.1. The predicted octanol–water partition coefficient (Wildman–Crippen LogP) is 3.25. The number of carbonyl (C=O) groups excluding carboxylic acids is 1. The van der Waals surface area contributed by atoms with Gasteiger partial charge in [0.1, 0.15) is 5.78 Å². The van der Waals surface area contributed by atoms with Crippen molar-refractivity contribution in [2.75, 3.05) is 0 Å². The number of aliphatic carboxylic acids is 1. The molecule has 1 aliphatic rings. The summed E-state index contributed by atoms with van der Waals surface area (Å²) in [6.45, 7) is 2.12. The first-order chi connectivity index (χ1) is 11.9. The summed E-state index contributed by atoms with van der Waals surface area (Å²) < 4.78 is 0. The van der Waals surface area contributed by atoms with Crippen LogP contribution in [-0.4, -0.2) is 39.3 Å². The summed E-state index contributed by atoms with van der Waals surface area (Å²) in [7, 11) is 0. The maximum absolute atomic E-state index is 12.1. The molecule has 0 amide bonds. The molecule has 0 heterocycles. The van der Waals surface area contributed by atoms with Crippen molar-refractivity contribution in [2.45, 2.75) is 76.9 Å². The standard InChI is InChI=1S/C20H32O5/c1-2-3-4-7-16(21)12-10-15-11-13-19(23)18(15)14-17(22)8-5-6-9-20(24)25/h6,9-10,12,15-18,21-22H,2-5,7-8,11,13-14H2,1H3,(H,24,25)/b9-6+,12-10?/t15-,16?,17?,18+/m0/s1. The van der Waals surface area contributed by atoms with Gasteiger partial charge in [-0.2, -0.15) is 0 Å². The largest absolute Gasteiger partial charge is 0.478 e. The fraction of sp³-hybridized carbons (Fsp3) is 0.700. The van der Waals surface area contributed by atoms with Crippen LogP contribution in [0, 0.1) is 11.8 Å². The molecule has 4 atom stereocenters. The molecule has 5 heteroatoms. The van der Waals surface area contributed by atoms with Gasteiger partial charge in [-0.05, 0) is 38.0 Å². The Balaban J connectivity index is 2.44. The van der Waals surface area contributed by atoms with Gasteiger partial charge in [-0.25, -0.2) is 4.79 Å². The van der Waals surface area contributed by atoms with Crippen molar-refractivity contribution >= 4 is 11.8 Å². The lowest BCUT2D eigenvalue weighted by atomic mass is 9.88. The lowest BCUT2D eigenvalue weighted by Gasteiger charge is -2.19. The molecule has 3 N–H and O–H groups in total. The normalized spacial score (nSPS) is 23.6. The molecule has 1 fully saturated rings. The number of unbranched alkanes of at least 4 members (excludes halogenated alkanes) is 2. The summed E-state index contributed by atoms with van der Waals surface area (Å²) in [6.07, 6.45) is 11.9. The number of rotatable bonds is 12. The monoisotopic (exact) mass is 352 g/mol. The third-order valence-electron chi connectivity index (χ3n) is 4.79. The third kappa shape index (κ3) is 8.98. The molecule has 1 rings (SSSR count). The SMILES string of the molecule is CCCCCC(O)C=C[C@H]1CCC(=O)[C@@H]1CC(O)CC/C=C/C(=O)O. The average molecular weight is 352 g/mol. The van der Waals surface area contributed by atoms with Gasteiger partial charge < -0.3 is 15.3 Å². The number of aliphatic hydroxyl groups excluding tert-OH is 2. The highest BCUT2D eigenvalue weighted by Gasteiger charge is 2.34. The highest BCUT2D eigenvalue weighted by Crippen LogP contribution is 2.34. The van der Waals surface area contributed by atoms with Gasteiger partial charge in [-0.15, -0.1) is 0 Å². The molecule has 0 aliphatic heterocycles. The van der Waals surface area contributed by atoms with Crippen LogP contribution in [-0.2, 0) is 9.59 Å². The Morgan fingerprint density at radius 2 is 2.04 bits per heavy atom. The molecule has 0 radical (unpaired) electrons. The fourth-order valence-corrected chi connectivity index (χ4v) is 3.33. The molecule has 1 aliphatic carbocycles. The summed E-state index contributed by atoms with van der Waals surface area (Å²) in [5.41, 5.74) is 0. The van der Waals surface area contributed by atoms with Crippen molar-refractivity contribution in [1.29, 1.82) is 0 Å². The molecule has 0 aromatic heterocycles. The molecule has 0 aromatic carbocycles. The lowest BCUT2D eigenvalue weighted by Crippen LogP contribution is -2.21. The second-order valence-corrected chi connectivity index (χ2v) is 6.93. The van der Waals surface area contributed by atoms with E-state index in [0.29, 0.717) is 25.7 Å². The minimum absolute atomic E-state index is 0.0811. The first kappa shape index (κ1) is 21.6. The molecule has 0 aromatic rings. The number of hydrogen-bond acceptors (Lipinski definition) is 4. The number of allylic oxidation sites excluding steroid dienone is 2. The van der Waals surface area contributed by atoms with Crippen molar-refractivity contribution in [3.8, 4) is 0 Å². The summed E-state index contributed by atoms with van der Waals surface area (Å²) in [5.74, 6) is -0.937. The van der Waals surface area contributed by atoms with Crippen LogP contribution < -0.4 is 0 Å². The molecule has 2 unspecified atom stereocenters. The Kier molecular flexibility index (Phi) is 10.3. The quantitative estimate of drug-likeness (QED) is 0.285. The van der Waals surface area contributed by atoms with Gasteiger partial charge in [0.25, 0.3) is 0 Å². The van der Waals surface area contributed by atoms with Gasteiger partial charge in [0.2, 0.25) is 0 Å². The minimum Gasteiger partial charge on any atom is -0.478 e. The number of carboxylic acid groups (broad SMARTS) is 1. The summed E-state index contributed by atoms with van der Waals surface area (Å²) in [4.78, 5) is 22.5. The Morgan fingerprint density at radius 3 is 2.72 bits per heavy atom. The van der Waals surface area contributed by atoms with Crippen LogP contribution in [0.3, 0.4) is 0 Å². The van der Waals surface area contributed by atoms with Gasteiger partial charge in [0, 0.05) is 18.4 Å². The van der Waals surface area contributed by atoms with Crippen molar-refractivity contribution in [3.63, 3.8) is 0 Å². The third-order valence-corrected chi connectivity index (χ3v) is 4.79. The number of aliphatic hydroxyl groups is 2. The summed E-state index contributed by atoms with van der Waals surface area (Å²) in [5, 5.41) is 28.6. The van der Waals surface area contributed by atoms with Crippen molar-refractivity contribution in [3.05, 3.63) is 24.3 Å². The van der Waals surface area contributed by atoms with E-state index in [1.807, 2.05) is 6.08 Å². The van der Waals surface area contributed by atoms with Crippen LogP contribution >= 0.6 is 0 Å². The van der Waals surface area contributed by atoms with E-state index >= 15 is 0 Å². The number of ketones is 1. The van der Waals surface area contributed by atoms with Gasteiger partial charge in [-0.1, -0.05) is 44.4 Å². The first-order valence-electron chi connectivity index (χ1n) is 9.40. The molecule has 5 nitrogen and oxygen atoms in total. The van der Waals surface area contributed by atoms with Crippen LogP contribution in [0.1, 0.15) is 64.7 Å². The molecular weight excluding hydrogens is 320 g/mol. The Hall–Kier alpha value is -1.46. The fourth-order valence-electron chi connectivity index (χ4n) is 3.33. The average Bonchev–Trinajstić information content (AvgIpc) is 2.90. The lowest BCUT2D eigenvalue weighted by molar-refractivity contribution is -0.131. The van der Waals surface area contributed by atoms with Gasteiger partial charge >= 0.3 is 5.97 Å². The van der Waals surface area contributed by atoms with Crippen LogP contribution in [0.15, 0.2) is 24.3 Å². The van der Waals surface area contributed by atoms with Crippen LogP contribution in [0.25, 0.3) is 0 Å². The summed E-state index contributed by atoms with van der Waals surface area (Å²) >= 11 is 0. The maximum Gasteiger partial charge on any atom is 0.327 e.